The van der Waals surface area contributed by atoms with Crippen LogP contribution in [0.1, 0.15) is 52.9 Å². The van der Waals surface area contributed by atoms with E-state index in [0.717, 1.165) is 18.9 Å². The molecule has 1 fully saturated rings. The number of rotatable bonds is 8. The monoisotopic (exact) mass is 243 g/mol. The van der Waals surface area contributed by atoms with E-state index in [0.29, 0.717) is 13.2 Å². The van der Waals surface area contributed by atoms with Gasteiger partial charge in [-0.05, 0) is 25.8 Å². The Hall–Kier alpha value is -0.120. The van der Waals surface area contributed by atoms with E-state index in [1.807, 2.05) is 6.92 Å². The summed E-state index contributed by atoms with van der Waals surface area (Å²) in [6, 6.07) is 0. The number of unbranched alkanes of at least 4 members (excludes halogenated alkanes) is 1. The van der Waals surface area contributed by atoms with Gasteiger partial charge >= 0.3 is 0 Å². The fourth-order valence-electron chi connectivity index (χ4n) is 2.44. The molecule has 0 amide bonds. The summed E-state index contributed by atoms with van der Waals surface area (Å²) in [5, 5.41) is 13.8. The molecule has 1 rings (SSSR count). The molecule has 0 saturated carbocycles. The van der Waals surface area contributed by atoms with Crippen molar-refractivity contribution in [3.05, 3.63) is 0 Å². The van der Waals surface area contributed by atoms with Crippen molar-refractivity contribution in [3.63, 3.8) is 0 Å². The summed E-state index contributed by atoms with van der Waals surface area (Å²) in [6.07, 6.45) is 5.81. The third-order valence-electron chi connectivity index (χ3n) is 4.07. The zero-order valence-corrected chi connectivity index (χ0v) is 11.7. The molecular weight excluding hydrogens is 214 g/mol. The maximum absolute atomic E-state index is 10.3. The summed E-state index contributed by atoms with van der Waals surface area (Å²) in [4.78, 5) is 0. The lowest BCUT2D eigenvalue weighted by Crippen LogP contribution is -2.46. The molecular formula is C14H29NO2. The van der Waals surface area contributed by atoms with Gasteiger partial charge in [0, 0.05) is 19.6 Å². The van der Waals surface area contributed by atoms with E-state index in [4.69, 9.17) is 4.74 Å². The molecule has 0 radical (unpaired) electrons. The Balaban J connectivity index is 2.21. The van der Waals surface area contributed by atoms with Crippen molar-refractivity contribution >= 4 is 0 Å². The van der Waals surface area contributed by atoms with Gasteiger partial charge in [0.15, 0.2) is 0 Å². The highest BCUT2D eigenvalue weighted by Crippen LogP contribution is 2.24. The largest absolute Gasteiger partial charge is 0.386 e. The van der Waals surface area contributed by atoms with Crippen LogP contribution in [-0.2, 0) is 4.74 Å². The smallest absolute Gasteiger partial charge is 0.105 e. The summed E-state index contributed by atoms with van der Waals surface area (Å²) >= 11 is 0. The number of aliphatic hydroxyl groups is 1. The van der Waals surface area contributed by atoms with Crippen molar-refractivity contribution in [2.75, 3.05) is 19.7 Å². The van der Waals surface area contributed by atoms with Crippen LogP contribution in [0.25, 0.3) is 0 Å². The number of hydrogen-bond acceptors (Lipinski definition) is 3. The van der Waals surface area contributed by atoms with E-state index in [9.17, 15) is 5.11 Å². The molecule has 0 bridgehead atoms. The van der Waals surface area contributed by atoms with E-state index in [1.165, 1.54) is 25.7 Å². The molecule has 0 aromatic rings. The molecule has 1 saturated heterocycles. The summed E-state index contributed by atoms with van der Waals surface area (Å²) < 4.78 is 5.43. The van der Waals surface area contributed by atoms with Crippen molar-refractivity contribution in [1.82, 2.24) is 5.32 Å². The van der Waals surface area contributed by atoms with Gasteiger partial charge in [-0.1, -0.05) is 33.1 Å². The van der Waals surface area contributed by atoms with E-state index in [1.54, 1.807) is 0 Å². The molecule has 0 aromatic heterocycles. The Bertz CT molecular complexity index is 210. The molecule has 2 N–H and O–H groups in total. The molecule has 0 aromatic carbocycles. The van der Waals surface area contributed by atoms with Crippen LogP contribution in [-0.4, -0.2) is 36.5 Å². The van der Waals surface area contributed by atoms with Crippen LogP contribution in [0, 0.1) is 5.92 Å². The molecule has 1 aliphatic rings. The number of hydrogen-bond donors (Lipinski definition) is 2. The Morgan fingerprint density at radius 3 is 2.76 bits per heavy atom. The van der Waals surface area contributed by atoms with Gasteiger partial charge < -0.3 is 15.2 Å². The van der Waals surface area contributed by atoms with Crippen molar-refractivity contribution in [2.45, 2.75) is 64.6 Å². The lowest BCUT2D eigenvalue weighted by Gasteiger charge is -2.27. The van der Waals surface area contributed by atoms with Crippen molar-refractivity contribution in [2.24, 2.45) is 5.92 Å². The third-order valence-corrected chi connectivity index (χ3v) is 4.07. The lowest BCUT2D eigenvalue weighted by atomic mass is 9.95. The summed E-state index contributed by atoms with van der Waals surface area (Å²) in [5.41, 5.74) is -0.650. The van der Waals surface area contributed by atoms with E-state index in [-0.39, 0.29) is 6.10 Å². The van der Waals surface area contributed by atoms with Crippen molar-refractivity contribution < 1.29 is 9.84 Å². The highest BCUT2D eigenvalue weighted by Gasteiger charge is 2.38. The topological polar surface area (TPSA) is 41.5 Å². The average Bonchev–Trinajstić information content (AvgIpc) is 2.64. The van der Waals surface area contributed by atoms with Crippen molar-refractivity contribution in [3.8, 4) is 0 Å². The van der Waals surface area contributed by atoms with Gasteiger partial charge in [0.05, 0.1) is 6.10 Å². The van der Waals surface area contributed by atoms with Crippen LogP contribution in [0.3, 0.4) is 0 Å². The second kappa shape index (κ2) is 7.34. The Labute approximate surface area is 106 Å². The van der Waals surface area contributed by atoms with Crippen LogP contribution in [0.4, 0.5) is 0 Å². The van der Waals surface area contributed by atoms with Crippen LogP contribution >= 0.6 is 0 Å². The second-order valence-corrected chi connectivity index (χ2v) is 5.41. The maximum Gasteiger partial charge on any atom is 0.105 e. The molecule has 1 aliphatic heterocycles. The minimum absolute atomic E-state index is 0.0364. The molecule has 1 heterocycles. The third kappa shape index (κ3) is 4.57. The van der Waals surface area contributed by atoms with Gasteiger partial charge in [-0.15, -0.1) is 0 Å². The van der Waals surface area contributed by atoms with Crippen LogP contribution in [0.5, 0.6) is 0 Å². The predicted octanol–water partition coefficient (Wildman–Crippen LogP) is 2.33. The minimum atomic E-state index is -0.650. The zero-order chi connectivity index (χ0) is 12.7. The van der Waals surface area contributed by atoms with Gasteiger partial charge in [-0.2, -0.15) is 0 Å². The van der Waals surface area contributed by atoms with E-state index < -0.39 is 5.60 Å². The first-order valence-electron chi connectivity index (χ1n) is 7.17. The normalized spacial score (nSPS) is 30.7. The molecule has 3 atom stereocenters. The Morgan fingerprint density at radius 1 is 1.47 bits per heavy atom. The quantitative estimate of drug-likeness (QED) is 0.687. The van der Waals surface area contributed by atoms with Crippen LogP contribution in [0.15, 0.2) is 0 Å². The zero-order valence-electron chi connectivity index (χ0n) is 11.7. The Morgan fingerprint density at radius 2 is 2.24 bits per heavy atom. The maximum atomic E-state index is 10.3. The molecule has 0 aliphatic carbocycles. The molecule has 3 nitrogen and oxygen atoms in total. The standard InChI is InChI=1S/C14H29NO2/c1-4-6-7-13(5-2)10-15-11-14(16)8-9-17-12(14)3/h12-13,15-16H,4-11H2,1-3H3. The number of nitrogens with one attached hydrogen (secondary N) is 1. The lowest BCUT2D eigenvalue weighted by molar-refractivity contribution is -0.0265. The predicted molar refractivity (Wildman–Crippen MR) is 71.2 cm³/mol. The molecule has 3 heteroatoms. The average molecular weight is 243 g/mol. The SMILES string of the molecule is CCCCC(CC)CNCC1(O)CCOC1C. The molecule has 0 spiro atoms. The second-order valence-electron chi connectivity index (χ2n) is 5.41. The summed E-state index contributed by atoms with van der Waals surface area (Å²) in [6.45, 7) is 8.82. The van der Waals surface area contributed by atoms with Gasteiger partial charge in [0.25, 0.3) is 0 Å². The molecule has 17 heavy (non-hydrogen) atoms. The van der Waals surface area contributed by atoms with Gasteiger partial charge in [-0.3, -0.25) is 0 Å². The van der Waals surface area contributed by atoms with E-state index in [2.05, 4.69) is 19.2 Å². The fourth-order valence-corrected chi connectivity index (χ4v) is 2.44. The summed E-state index contributed by atoms with van der Waals surface area (Å²) in [5.74, 6) is 0.746. The Kier molecular flexibility index (Phi) is 6.45. The van der Waals surface area contributed by atoms with Gasteiger partial charge in [0.1, 0.15) is 5.60 Å². The first-order chi connectivity index (χ1) is 8.12. The highest BCUT2D eigenvalue weighted by molar-refractivity contribution is 4.91. The highest BCUT2D eigenvalue weighted by atomic mass is 16.5. The number of ether oxygens (including phenoxy) is 1. The molecule has 102 valence electrons. The first kappa shape index (κ1) is 14.9. The van der Waals surface area contributed by atoms with Crippen LogP contribution in [0.2, 0.25) is 0 Å². The van der Waals surface area contributed by atoms with Crippen molar-refractivity contribution in [1.29, 1.82) is 0 Å². The summed E-state index contributed by atoms with van der Waals surface area (Å²) in [7, 11) is 0. The van der Waals surface area contributed by atoms with Gasteiger partial charge in [-0.25, -0.2) is 0 Å². The van der Waals surface area contributed by atoms with E-state index >= 15 is 0 Å². The van der Waals surface area contributed by atoms with Gasteiger partial charge in [0.2, 0.25) is 0 Å². The minimum Gasteiger partial charge on any atom is -0.386 e. The van der Waals surface area contributed by atoms with Crippen LogP contribution < -0.4 is 5.32 Å². The fraction of sp³-hybridized carbons (Fsp3) is 1.00. The molecule has 3 unspecified atom stereocenters. The first-order valence-corrected chi connectivity index (χ1v) is 7.17.